The van der Waals surface area contributed by atoms with Gasteiger partial charge in [-0.2, -0.15) is 0 Å². The Morgan fingerprint density at radius 3 is 1.94 bits per heavy atom. The molecule has 1 unspecified atom stereocenters. The third kappa shape index (κ3) is 6.22. The minimum atomic E-state index is 0.650. The van der Waals surface area contributed by atoms with Gasteiger partial charge in [-0.15, -0.1) is 0 Å². The van der Waals surface area contributed by atoms with E-state index in [1.807, 2.05) is 0 Å². The van der Waals surface area contributed by atoms with E-state index in [2.05, 4.69) is 26.1 Å². The summed E-state index contributed by atoms with van der Waals surface area (Å²) in [4.78, 5) is 0. The lowest BCUT2D eigenvalue weighted by atomic mass is 9.93. The van der Waals surface area contributed by atoms with Crippen LogP contribution >= 0.6 is 0 Å². The molecule has 1 saturated carbocycles. The Morgan fingerprint density at radius 2 is 1.44 bits per heavy atom. The molecule has 0 bridgehead atoms. The van der Waals surface area contributed by atoms with Crippen molar-refractivity contribution < 1.29 is 0 Å². The van der Waals surface area contributed by atoms with Crippen LogP contribution < -0.4 is 5.32 Å². The van der Waals surface area contributed by atoms with E-state index >= 15 is 0 Å². The third-order valence-corrected chi connectivity index (χ3v) is 4.68. The Kier molecular flexibility index (Phi) is 7.97. The molecule has 0 aromatic carbocycles. The molecule has 0 saturated heterocycles. The third-order valence-electron chi connectivity index (χ3n) is 4.68. The molecule has 1 atom stereocenters. The van der Waals surface area contributed by atoms with Crippen molar-refractivity contribution in [1.82, 2.24) is 5.32 Å². The Hall–Kier alpha value is -0.0400. The SMILES string of the molecule is CCCCCCCCCCC(NCC)C1(C)CC1. The summed E-state index contributed by atoms with van der Waals surface area (Å²) < 4.78 is 0. The highest BCUT2D eigenvalue weighted by molar-refractivity contribution is 4.98. The molecule has 0 aliphatic heterocycles. The quantitative estimate of drug-likeness (QED) is 0.466. The van der Waals surface area contributed by atoms with Crippen LogP contribution in [0.4, 0.5) is 0 Å². The van der Waals surface area contributed by atoms with Gasteiger partial charge in [0.2, 0.25) is 0 Å². The van der Waals surface area contributed by atoms with E-state index in [4.69, 9.17) is 0 Å². The summed E-state index contributed by atoms with van der Waals surface area (Å²) >= 11 is 0. The van der Waals surface area contributed by atoms with Crippen LogP contribution in [-0.4, -0.2) is 12.6 Å². The van der Waals surface area contributed by atoms with Gasteiger partial charge in [0.05, 0.1) is 0 Å². The molecule has 1 heteroatoms. The predicted octanol–water partition coefficient (Wildman–Crippen LogP) is 5.30. The minimum Gasteiger partial charge on any atom is -0.314 e. The van der Waals surface area contributed by atoms with Gasteiger partial charge >= 0.3 is 0 Å². The van der Waals surface area contributed by atoms with Gasteiger partial charge in [0.15, 0.2) is 0 Å². The van der Waals surface area contributed by atoms with Crippen LogP contribution in [0.5, 0.6) is 0 Å². The van der Waals surface area contributed by atoms with E-state index in [1.54, 1.807) is 0 Å². The van der Waals surface area contributed by atoms with Crippen molar-refractivity contribution in [2.45, 2.75) is 97.4 Å². The van der Waals surface area contributed by atoms with Crippen LogP contribution in [0.15, 0.2) is 0 Å². The van der Waals surface area contributed by atoms with Crippen LogP contribution in [0.2, 0.25) is 0 Å². The van der Waals surface area contributed by atoms with Crippen molar-refractivity contribution in [2.75, 3.05) is 6.54 Å². The fourth-order valence-electron chi connectivity index (χ4n) is 2.97. The molecule has 0 spiro atoms. The largest absolute Gasteiger partial charge is 0.314 e. The maximum Gasteiger partial charge on any atom is 0.0121 e. The Bertz CT molecular complexity index is 196. The van der Waals surface area contributed by atoms with Gasteiger partial charge in [0.25, 0.3) is 0 Å². The molecule has 0 heterocycles. The van der Waals surface area contributed by atoms with Gasteiger partial charge in [-0.05, 0) is 31.2 Å². The summed E-state index contributed by atoms with van der Waals surface area (Å²) in [6, 6.07) is 0.794. The number of hydrogen-bond donors (Lipinski definition) is 1. The van der Waals surface area contributed by atoms with E-state index in [0.29, 0.717) is 5.41 Å². The predicted molar refractivity (Wildman–Crippen MR) is 82.0 cm³/mol. The van der Waals surface area contributed by atoms with Crippen molar-refractivity contribution in [3.05, 3.63) is 0 Å². The smallest absolute Gasteiger partial charge is 0.0121 e. The lowest BCUT2D eigenvalue weighted by Gasteiger charge is -2.24. The second kappa shape index (κ2) is 8.96. The Morgan fingerprint density at radius 1 is 0.889 bits per heavy atom. The molecule has 1 rings (SSSR count). The first-order chi connectivity index (χ1) is 8.73. The fraction of sp³-hybridized carbons (Fsp3) is 1.00. The molecule has 18 heavy (non-hydrogen) atoms. The zero-order valence-electron chi connectivity index (χ0n) is 13.1. The highest BCUT2D eigenvalue weighted by Crippen LogP contribution is 2.49. The highest BCUT2D eigenvalue weighted by atomic mass is 14.9. The lowest BCUT2D eigenvalue weighted by molar-refractivity contribution is 0.332. The monoisotopic (exact) mass is 253 g/mol. The molecule has 0 amide bonds. The van der Waals surface area contributed by atoms with E-state index in [0.717, 1.165) is 12.6 Å². The zero-order valence-corrected chi connectivity index (χ0v) is 13.1. The molecular formula is C17H35N. The second-order valence-corrected chi connectivity index (χ2v) is 6.53. The van der Waals surface area contributed by atoms with E-state index < -0.39 is 0 Å². The van der Waals surface area contributed by atoms with Crippen LogP contribution in [0.25, 0.3) is 0 Å². The summed E-state index contributed by atoms with van der Waals surface area (Å²) in [7, 11) is 0. The summed E-state index contributed by atoms with van der Waals surface area (Å²) in [5.41, 5.74) is 0.650. The van der Waals surface area contributed by atoms with E-state index in [-0.39, 0.29) is 0 Å². The molecule has 1 aliphatic rings. The molecule has 1 N–H and O–H groups in total. The summed E-state index contributed by atoms with van der Waals surface area (Å²) in [6.45, 7) is 8.13. The van der Waals surface area contributed by atoms with Crippen molar-refractivity contribution in [3.8, 4) is 0 Å². The van der Waals surface area contributed by atoms with Crippen molar-refractivity contribution in [3.63, 3.8) is 0 Å². The number of unbranched alkanes of at least 4 members (excludes halogenated alkanes) is 7. The molecule has 108 valence electrons. The van der Waals surface area contributed by atoms with Crippen molar-refractivity contribution in [2.24, 2.45) is 5.41 Å². The first kappa shape index (κ1) is 16.0. The van der Waals surface area contributed by atoms with Gasteiger partial charge in [-0.1, -0.05) is 72.1 Å². The molecule has 1 fully saturated rings. The van der Waals surface area contributed by atoms with Gasteiger partial charge in [0.1, 0.15) is 0 Å². The van der Waals surface area contributed by atoms with Gasteiger partial charge in [-0.3, -0.25) is 0 Å². The summed E-state index contributed by atoms with van der Waals surface area (Å²) in [5, 5.41) is 3.70. The number of nitrogens with one attached hydrogen (secondary N) is 1. The Balaban J connectivity index is 1.95. The first-order valence-electron chi connectivity index (χ1n) is 8.46. The van der Waals surface area contributed by atoms with Crippen LogP contribution in [0.1, 0.15) is 91.4 Å². The Labute approximate surface area is 115 Å². The number of rotatable bonds is 12. The minimum absolute atomic E-state index is 0.650. The van der Waals surface area contributed by atoms with Gasteiger partial charge in [-0.25, -0.2) is 0 Å². The normalized spacial score (nSPS) is 18.8. The fourth-order valence-corrected chi connectivity index (χ4v) is 2.97. The molecule has 1 nitrogen and oxygen atoms in total. The maximum absolute atomic E-state index is 3.70. The molecule has 0 aromatic heterocycles. The van der Waals surface area contributed by atoms with Crippen LogP contribution in [-0.2, 0) is 0 Å². The van der Waals surface area contributed by atoms with Crippen LogP contribution in [0.3, 0.4) is 0 Å². The second-order valence-electron chi connectivity index (χ2n) is 6.53. The zero-order chi connectivity index (χ0) is 13.3. The topological polar surface area (TPSA) is 12.0 Å². The highest BCUT2D eigenvalue weighted by Gasteiger charge is 2.43. The summed E-state index contributed by atoms with van der Waals surface area (Å²) in [6.07, 6.45) is 15.8. The average Bonchev–Trinajstić information content (AvgIpc) is 3.10. The van der Waals surface area contributed by atoms with E-state index in [1.165, 1.54) is 70.6 Å². The van der Waals surface area contributed by atoms with Crippen molar-refractivity contribution >= 4 is 0 Å². The molecule has 0 aromatic rings. The maximum atomic E-state index is 3.70. The molecule has 0 radical (unpaired) electrons. The standard InChI is InChI=1S/C17H35N/c1-4-6-7-8-9-10-11-12-13-16(18-5-2)17(3)14-15-17/h16,18H,4-15H2,1-3H3. The van der Waals surface area contributed by atoms with Gasteiger partial charge in [0, 0.05) is 6.04 Å². The number of hydrogen-bond acceptors (Lipinski definition) is 1. The average molecular weight is 253 g/mol. The summed E-state index contributed by atoms with van der Waals surface area (Å²) in [5.74, 6) is 0. The first-order valence-corrected chi connectivity index (χ1v) is 8.46. The van der Waals surface area contributed by atoms with Crippen molar-refractivity contribution in [1.29, 1.82) is 0 Å². The molecular weight excluding hydrogens is 218 g/mol. The van der Waals surface area contributed by atoms with E-state index in [9.17, 15) is 0 Å². The van der Waals surface area contributed by atoms with Gasteiger partial charge < -0.3 is 5.32 Å². The lowest BCUT2D eigenvalue weighted by Crippen LogP contribution is -2.36. The molecule has 1 aliphatic carbocycles. The van der Waals surface area contributed by atoms with Crippen LogP contribution in [0, 0.1) is 5.41 Å².